The maximum absolute atomic E-state index is 12.4. The Bertz CT molecular complexity index is 994. The number of carbonyl (C=O) groups is 2. The molecule has 0 saturated carbocycles. The minimum atomic E-state index is -0.719. The van der Waals surface area contributed by atoms with Gasteiger partial charge in [-0.15, -0.1) is 0 Å². The molecular weight excluding hydrogens is 404 g/mol. The van der Waals surface area contributed by atoms with Gasteiger partial charge in [0, 0.05) is 16.4 Å². The largest absolute Gasteiger partial charge is 0.484 e. The van der Waals surface area contributed by atoms with Gasteiger partial charge in [0.1, 0.15) is 11.5 Å². The predicted octanol–water partition coefficient (Wildman–Crippen LogP) is 4.76. The Morgan fingerprint density at radius 1 is 0.867 bits per heavy atom. The van der Waals surface area contributed by atoms with Crippen LogP contribution in [0.2, 0.25) is 5.02 Å². The smallest absolute Gasteiger partial charge is 0.265 e. The molecule has 3 aromatic rings. The third-order valence-electron chi connectivity index (χ3n) is 4.02. The number of halogens is 1. The summed E-state index contributed by atoms with van der Waals surface area (Å²) in [6.45, 7) is 1.53. The first-order chi connectivity index (χ1) is 14.5. The van der Waals surface area contributed by atoms with Crippen molar-refractivity contribution in [3.63, 3.8) is 0 Å². The topological polar surface area (TPSA) is 76.7 Å². The van der Waals surface area contributed by atoms with Gasteiger partial charge in [0.05, 0.1) is 0 Å². The molecule has 6 nitrogen and oxygen atoms in total. The van der Waals surface area contributed by atoms with E-state index in [-0.39, 0.29) is 18.4 Å². The average Bonchev–Trinajstić information content (AvgIpc) is 2.75. The van der Waals surface area contributed by atoms with Gasteiger partial charge in [-0.05, 0) is 61.5 Å². The third kappa shape index (κ3) is 6.53. The number of benzene rings is 3. The highest BCUT2D eigenvalue weighted by Gasteiger charge is 2.15. The van der Waals surface area contributed by atoms with Crippen molar-refractivity contribution in [3.8, 4) is 11.5 Å². The summed E-state index contributed by atoms with van der Waals surface area (Å²) in [6.07, 6.45) is -0.719. The minimum absolute atomic E-state index is 0.118. The lowest BCUT2D eigenvalue weighted by atomic mass is 10.2. The van der Waals surface area contributed by atoms with Crippen molar-refractivity contribution >= 4 is 34.8 Å². The summed E-state index contributed by atoms with van der Waals surface area (Å²) < 4.78 is 11.0. The number of rotatable bonds is 8. The normalized spacial score (nSPS) is 11.3. The molecule has 0 aromatic heterocycles. The second kappa shape index (κ2) is 10.3. The molecule has 0 aliphatic rings. The molecule has 30 heavy (non-hydrogen) atoms. The molecule has 3 aromatic carbocycles. The fraction of sp³-hybridized carbons (Fsp3) is 0.130. The molecule has 2 amide bonds. The van der Waals surface area contributed by atoms with Gasteiger partial charge < -0.3 is 20.1 Å². The lowest BCUT2D eigenvalue weighted by Crippen LogP contribution is -2.30. The van der Waals surface area contributed by atoms with E-state index in [1.165, 1.54) is 0 Å². The van der Waals surface area contributed by atoms with Crippen molar-refractivity contribution in [2.45, 2.75) is 13.0 Å². The molecule has 0 aliphatic heterocycles. The molecule has 1 unspecified atom stereocenters. The fourth-order valence-electron chi connectivity index (χ4n) is 2.55. The van der Waals surface area contributed by atoms with E-state index in [1.54, 1.807) is 67.6 Å². The molecular formula is C23H21ClN2O4. The SMILES string of the molecule is CC(Oc1ccc(Cl)cc1)C(=O)Nc1cccc(NC(=O)COc2ccccc2)c1. The number of carbonyl (C=O) groups excluding carboxylic acids is 2. The highest BCUT2D eigenvalue weighted by Crippen LogP contribution is 2.19. The van der Waals surface area contributed by atoms with Gasteiger partial charge in [-0.25, -0.2) is 0 Å². The Balaban J connectivity index is 1.52. The van der Waals surface area contributed by atoms with Crippen LogP contribution in [0.15, 0.2) is 78.9 Å². The highest BCUT2D eigenvalue weighted by molar-refractivity contribution is 6.30. The Morgan fingerprint density at radius 2 is 1.53 bits per heavy atom. The zero-order valence-corrected chi connectivity index (χ0v) is 17.1. The highest BCUT2D eigenvalue weighted by atomic mass is 35.5. The zero-order chi connectivity index (χ0) is 21.3. The third-order valence-corrected chi connectivity index (χ3v) is 4.27. The number of hydrogen-bond donors (Lipinski definition) is 2. The van der Waals surface area contributed by atoms with E-state index >= 15 is 0 Å². The first kappa shape index (κ1) is 21.2. The van der Waals surface area contributed by atoms with Crippen LogP contribution < -0.4 is 20.1 Å². The van der Waals surface area contributed by atoms with Crippen LogP contribution in [0.25, 0.3) is 0 Å². The molecule has 0 heterocycles. The standard InChI is InChI=1S/C23H21ClN2O4/c1-16(30-21-12-10-17(24)11-13-21)23(28)26-19-7-5-6-18(14-19)25-22(27)15-29-20-8-3-2-4-9-20/h2-14,16H,15H2,1H3,(H,25,27)(H,26,28). The van der Waals surface area contributed by atoms with Crippen LogP contribution in [0.5, 0.6) is 11.5 Å². The van der Waals surface area contributed by atoms with E-state index in [0.717, 1.165) is 0 Å². The molecule has 0 radical (unpaired) electrons. The summed E-state index contributed by atoms with van der Waals surface area (Å²) in [5.41, 5.74) is 1.08. The van der Waals surface area contributed by atoms with Crippen molar-refractivity contribution in [2.75, 3.05) is 17.2 Å². The van der Waals surface area contributed by atoms with Gasteiger partial charge >= 0.3 is 0 Å². The van der Waals surface area contributed by atoms with E-state index in [0.29, 0.717) is 27.9 Å². The number of amides is 2. The predicted molar refractivity (Wildman–Crippen MR) is 117 cm³/mol. The van der Waals surface area contributed by atoms with Crippen molar-refractivity contribution in [1.82, 2.24) is 0 Å². The fourth-order valence-corrected chi connectivity index (χ4v) is 2.68. The monoisotopic (exact) mass is 424 g/mol. The van der Waals surface area contributed by atoms with Crippen LogP contribution in [0, 0.1) is 0 Å². The van der Waals surface area contributed by atoms with E-state index in [2.05, 4.69) is 10.6 Å². The van der Waals surface area contributed by atoms with Crippen LogP contribution >= 0.6 is 11.6 Å². The number of ether oxygens (including phenoxy) is 2. The van der Waals surface area contributed by atoms with Crippen molar-refractivity contribution < 1.29 is 19.1 Å². The van der Waals surface area contributed by atoms with Gasteiger partial charge in [-0.3, -0.25) is 9.59 Å². The van der Waals surface area contributed by atoms with Crippen LogP contribution in [0.3, 0.4) is 0 Å². The van der Waals surface area contributed by atoms with Crippen molar-refractivity contribution in [3.05, 3.63) is 83.9 Å². The first-order valence-corrected chi connectivity index (χ1v) is 9.68. The summed E-state index contributed by atoms with van der Waals surface area (Å²) in [7, 11) is 0. The maximum Gasteiger partial charge on any atom is 0.265 e. The molecule has 0 bridgehead atoms. The molecule has 154 valence electrons. The van der Waals surface area contributed by atoms with Crippen LogP contribution in [-0.2, 0) is 9.59 Å². The van der Waals surface area contributed by atoms with Crippen LogP contribution in [-0.4, -0.2) is 24.5 Å². The first-order valence-electron chi connectivity index (χ1n) is 9.30. The summed E-state index contributed by atoms with van der Waals surface area (Å²) in [5.74, 6) is 0.535. The van der Waals surface area contributed by atoms with Gasteiger partial charge in [0.2, 0.25) is 0 Å². The summed E-state index contributed by atoms with van der Waals surface area (Å²) in [4.78, 5) is 24.5. The average molecular weight is 425 g/mol. The van der Waals surface area contributed by atoms with Gasteiger partial charge in [-0.1, -0.05) is 35.9 Å². The van der Waals surface area contributed by atoms with Crippen LogP contribution in [0.4, 0.5) is 11.4 Å². The molecule has 0 aliphatic carbocycles. The Hall–Kier alpha value is -3.51. The Kier molecular flexibility index (Phi) is 7.29. The number of nitrogens with one attached hydrogen (secondary N) is 2. The summed E-state index contributed by atoms with van der Waals surface area (Å²) in [6, 6.07) is 22.7. The summed E-state index contributed by atoms with van der Waals surface area (Å²) >= 11 is 5.85. The molecule has 3 rings (SSSR count). The Morgan fingerprint density at radius 3 is 2.23 bits per heavy atom. The van der Waals surface area contributed by atoms with Gasteiger partial charge in [0.25, 0.3) is 11.8 Å². The molecule has 0 fully saturated rings. The maximum atomic E-state index is 12.4. The van der Waals surface area contributed by atoms with Gasteiger partial charge in [0.15, 0.2) is 12.7 Å². The van der Waals surface area contributed by atoms with Crippen LogP contribution in [0.1, 0.15) is 6.92 Å². The molecule has 0 spiro atoms. The molecule has 1 atom stereocenters. The number of anilines is 2. The van der Waals surface area contributed by atoms with E-state index in [9.17, 15) is 9.59 Å². The lowest BCUT2D eigenvalue weighted by Gasteiger charge is -2.15. The quantitative estimate of drug-likeness (QED) is 0.546. The second-order valence-corrected chi connectivity index (χ2v) is 6.87. The van der Waals surface area contributed by atoms with E-state index in [4.69, 9.17) is 21.1 Å². The van der Waals surface area contributed by atoms with Crippen molar-refractivity contribution in [2.24, 2.45) is 0 Å². The molecule has 7 heteroatoms. The minimum Gasteiger partial charge on any atom is -0.484 e. The van der Waals surface area contributed by atoms with E-state index < -0.39 is 6.10 Å². The van der Waals surface area contributed by atoms with E-state index in [1.807, 2.05) is 18.2 Å². The lowest BCUT2D eigenvalue weighted by molar-refractivity contribution is -0.122. The number of hydrogen-bond acceptors (Lipinski definition) is 4. The molecule has 0 saturated heterocycles. The van der Waals surface area contributed by atoms with Gasteiger partial charge in [-0.2, -0.15) is 0 Å². The molecule has 2 N–H and O–H groups in total. The second-order valence-electron chi connectivity index (χ2n) is 6.43. The zero-order valence-electron chi connectivity index (χ0n) is 16.3. The number of para-hydroxylation sites is 1. The van der Waals surface area contributed by atoms with Crippen molar-refractivity contribution in [1.29, 1.82) is 0 Å². The Labute approximate surface area is 179 Å². The summed E-state index contributed by atoms with van der Waals surface area (Å²) in [5, 5.41) is 6.10.